The smallest absolute Gasteiger partial charge is 0.235 e. The molecule has 0 spiro atoms. The predicted molar refractivity (Wildman–Crippen MR) is 103 cm³/mol. The lowest BCUT2D eigenvalue weighted by atomic mass is 10.0. The Bertz CT molecular complexity index is 988. The van der Waals surface area contributed by atoms with Gasteiger partial charge in [-0.3, -0.25) is 4.79 Å². The minimum Gasteiger partial charge on any atom is -0.507 e. The highest BCUT2D eigenvalue weighted by Gasteiger charge is 2.21. The fraction of sp³-hybridized carbons (Fsp3) is 0.381. The molecular weight excluding hydrogens is 349 g/mol. The zero-order valence-electron chi connectivity index (χ0n) is 16.0. The third kappa shape index (κ3) is 3.76. The van der Waals surface area contributed by atoms with Crippen LogP contribution >= 0.6 is 0 Å². The van der Waals surface area contributed by atoms with Crippen LogP contribution in [0.4, 0.5) is 4.39 Å². The van der Waals surface area contributed by atoms with Gasteiger partial charge in [0.15, 0.2) is 0 Å². The Kier molecular flexibility index (Phi) is 5.37. The third-order valence-electron chi connectivity index (χ3n) is 4.54. The van der Waals surface area contributed by atoms with Crippen LogP contribution in [0.15, 0.2) is 39.3 Å². The quantitative estimate of drug-likeness (QED) is 0.859. The van der Waals surface area contributed by atoms with Crippen molar-refractivity contribution >= 4 is 11.0 Å². The van der Waals surface area contributed by atoms with Gasteiger partial charge in [0.1, 0.15) is 29.0 Å². The van der Waals surface area contributed by atoms with Crippen molar-refractivity contribution in [2.24, 2.45) is 0 Å². The van der Waals surface area contributed by atoms with Crippen LogP contribution in [0.1, 0.15) is 30.2 Å². The number of aromatic hydroxyl groups is 1. The molecule has 0 radical (unpaired) electrons. The molecule has 0 saturated carbocycles. The molecule has 0 fully saturated rings. The summed E-state index contributed by atoms with van der Waals surface area (Å²) in [5.41, 5.74) is 1.32. The van der Waals surface area contributed by atoms with Crippen LogP contribution in [0.2, 0.25) is 0 Å². The summed E-state index contributed by atoms with van der Waals surface area (Å²) in [7, 11) is 3.76. The van der Waals surface area contributed by atoms with Gasteiger partial charge in [-0.05, 0) is 57.3 Å². The fourth-order valence-electron chi connectivity index (χ4n) is 3.16. The van der Waals surface area contributed by atoms with Gasteiger partial charge < -0.3 is 19.2 Å². The first-order valence-electron chi connectivity index (χ1n) is 8.98. The second-order valence-corrected chi connectivity index (χ2v) is 6.97. The number of hydrogen-bond donors (Lipinski definition) is 1. The highest BCUT2D eigenvalue weighted by atomic mass is 19.1. The van der Waals surface area contributed by atoms with Crippen LogP contribution in [0.5, 0.6) is 11.5 Å². The Hall–Kier alpha value is -2.60. The van der Waals surface area contributed by atoms with Crippen LogP contribution in [0.3, 0.4) is 0 Å². The van der Waals surface area contributed by atoms with Gasteiger partial charge in [0.05, 0.1) is 10.9 Å². The van der Waals surface area contributed by atoms with E-state index >= 15 is 0 Å². The van der Waals surface area contributed by atoms with Crippen molar-refractivity contribution in [3.63, 3.8) is 0 Å². The van der Waals surface area contributed by atoms with Crippen LogP contribution in [-0.2, 0) is 13.0 Å². The maximum atomic E-state index is 13.2. The maximum Gasteiger partial charge on any atom is 0.235 e. The minimum absolute atomic E-state index is 0.0826. The summed E-state index contributed by atoms with van der Waals surface area (Å²) in [6, 6.07) is 1.66. The highest BCUT2D eigenvalue weighted by Crippen LogP contribution is 2.34. The number of alkyl halides is 1. The highest BCUT2D eigenvalue weighted by molar-refractivity contribution is 5.85. The topological polar surface area (TPSA) is 62.9 Å². The Morgan fingerprint density at radius 3 is 2.74 bits per heavy atom. The fourth-order valence-corrected chi connectivity index (χ4v) is 3.16. The number of phenols is 1. The molecule has 5 nitrogen and oxygen atoms in total. The van der Waals surface area contributed by atoms with Crippen molar-refractivity contribution in [2.75, 3.05) is 14.1 Å². The largest absolute Gasteiger partial charge is 0.507 e. The minimum atomic E-state index is -1.03. The molecule has 1 heterocycles. The molecule has 0 saturated heterocycles. The zero-order chi connectivity index (χ0) is 19.7. The molecule has 1 unspecified atom stereocenters. The molecule has 0 amide bonds. The molecule has 0 bridgehead atoms. The van der Waals surface area contributed by atoms with E-state index < -0.39 is 6.17 Å². The molecule has 1 aliphatic rings. The molecule has 1 aromatic heterocycles. The normalized spacial score (nSPS) is 16.8. The van der Waals surface area contributed by atoms with E-state index in [0.717, 1.165) is 0 Å². The number of phenolic OH excluding ortho intramolecular Hbond substituents is 1. The van der Waals surface area contributed by atoms with E-state index in [9.17, 15) is 14.3 Å². The molecule has 0 aliphatic heterocycles. The summed E-state index contributed by atoms with van der Waals surface area (Å²) in [4.78, 5) is 15.0. The van der Waals surface area contributed by atoms with Crippen molar-refractivity contribution in [3.8, 4) is 11.5 Å². The predicted octanol–water partition coefficient (Wildman–Crippen LogP) is 3.99. The number of fused-ring (bicyclic) bond motifs is 1. The van der Waals surface area contributed by atoms with E-state index in [4.69, 9.17) is 9.15 Å². The zero-order valence-corrected chi connectivity index (χ0v) is 16.0. The molecule has 6 heteroatoms. The number of aryl methyl sites for hydroxylation is 2. The summed E-state index contributed by atoms with van der Waals surface area (Å²) < 4.78 is 24.9. The average Bonchev–Trinajstić information content (AvgIpc) is 2.62. The molecule has 2 aromatic rings. The summed E-state index contributed by atoms with van der Waals surface area (Å²) in [5, 5.41) is 11.0. The van der Waals surface area contributed by atoms with Crippen LogP contribution in [0, 0.1) is 6.92 Å². The standard InChI is InChI=1S/C21H24FNO4/c1-5-13-10-16-19(25)20(27-15-8-6-14(22)7-9-15)12(2)26-21(16)17(18(13)24)11-23(3)4/h6,8-10,14,24H,5,7,11H2,1-4H3. The number of rotatable bonds is 5. The molecule has 3 rings (SSSR count). The first-order chi connectivity index (χ1) is 12.8. The van der Waals surface area contributed by atoms with E-state index in [1.165, 1.54) is 12.2 Å². The average molecular weight is 373 g/mol. The van der Waals surface area contributed by atoms with Gasteiger partial charge in [0.25, 0.3) is 0 Å². The number of benzene rings is 1. The summed E-state index contributed by atoms with van der Waals surface area (Å²) >= 11 is 0. The number of hydrogen-bond acceptors (Lipinski definition) is 5. The lowest BCUT2D eigenvalue weighted by Gasteiger charge is -2.17. The number of ether oxygens (including phenoxy) is 1. The second kappa shape index (κ2) is 7.56. The van der Waals surface area contributed by atoms with E-state index in [1.807, 2.05) is 25.9 Å². The van der Waals surface area contributed by atoms with E-state index in [1.54, 1.807) is 19.1 Å². The SMILES string of the molecule is CCc1cc2c(=O)c(OC3=CCC(F)C=C3)c(C)oc2c(CN(C)C)c1O. The van der Waals surface area contributed by atoms with Crippen LogP contribution in [0.25, 0.3) is 11.0 Å². The number of nitrogens with zero attached hydrogens (tertiary/aromatic N) is 1. The Balaban J connectivity index is 2.17. The first-order valence-corrected chi connectivity index (χ1v) is 8.98. The van der Waals surface area contributed by atoms with Gasteiger partial charge in [0.2, 0.25) is 11.2 Å². The van der Waals surface area contributed by atoms with Gasteiger partial charge >= 0.3 is 0 Å². The maximum absolute atomic E-state index is 13.2. The Morgan fingerprint density at radius 2 is 2.15 bits per heavy atom. The van der Waals surface area contributed by atoms with Gasteiger partial charge in [-0.1, -0.05) is 6.92 Å². The van der Waals surface area contributed by atoms with Gasteiger partial charge in [-0.25, -0.2) is 4.39 Å². The van der Waals surface area contributed by atoms with Gasteiger partial charge in [-0.15, -0.1) is 0 Å². The number of halogens is 1. The van der Waals surface area contributed by atoms with Crippen molar-refractivity contribution < 1.29 is 18.7 Å². The Labute approximate surface area is 157 Å². The molecule has 144 valence electrons. The molecule has 1 aliphatic carbocycles. The summed E-state index contributed by atoms with van der Waals surface area (Å²) in [6.45, 7) is 3.99. The molecular formula is C21H24FNO4. The number of allylic oxidation sites excluding steroid dienone is 3. The Morgan fingerprint density at radius 1 is 1.41 bits per heavy atom. The van der Waals surface area contributed by atoms with Crippen molar-refractivity contribution in [2.45, 2.75) is 39.4 Å². The molecule has 1 atom stereocenters. The van der Waals surface area contributed by atoms with Gasteiger partial charge in [-0.2, -0.15) is 0 Å². The van der Waals surface area contributed by atoms with Crippen LogP contribution in [-0.4, -0.2) is 30.3 Å². The monoisotopic (exact) mass is 373 g/mol. The van der Waals surface area contributed by atoms with Gasteiger partial charge in [0, 0.05) is 13.0 Å². The molecule has 27 heavy (non-hydrogen) atoms. The van der Waals surface area contributed by atoms with E-state index in [0.29, 0.717) is 46.6 Å². The lowest BCUT2D eigenvalue weighted by molar-refractivity contribution is 0.368. The summed E-state index contributed by atoms with van der Waals surface area (Å²) in [6.07, 6.45) is 4.29. The second-order valence-electron chi connectivity index (χ2n) is 6.97. The van der Waals surface area contributed by atoms with Crippen molar-refractivity contribution in [3.05, 3.63) is 57.2 Å². The first kappa shape index (κ1) is 19.2. The summed E-state index contributed by atoms with van der Waals surface area (Å²) in [5.74, 6) is 0.968. The third-order valence-corrected chi connectivity index (χ3v) is 4.54. The van der Waals surface area contributed by atoms with Crippen molar-refractivity contribution in [1.82, 2.24) is 4.90 Å². The van der Waals surface area contributed by atoms with Crippen LogP contribution < -0.4 is 10.2 Å². The van der Waals surface area contributed by atoms with E-state index in [2.05, 4.69) is 0 Å². The lowest BCUT2D eigenvalue weighted by Crippen LogP contribution is -2.15. The molecule has 1 aromatic carbocycles. The van der Waals surface area contributed by atoms with E-state index in [-0.39, 0.29) is 23.3 Å². The molecule has 1 N–H and O–H groups in total. The van der Waals surface area contributed by atoms with Crippen molar-refractivity contribution in [1.29, 1.82) is 0 Å².